The first-order chi connectivity index (χ1) is 9.11. The van der Waals surface area contributed by atoms with E-state index in [4.69, 9.17) is 0 Å². The molecule has 0 saturated carbocycles. The fraction of sp³-hybridized carbons (Fsp3) is 0.333. The highest BCUT2D eigenvalue weighted by Gasteiger charge is 2.39. The number of rotatable bonds is 5. The summed E-state index contributed by atoms with van der Waals surface area (Å²) in [5.74, 6) is -1.78. The average molecular weight is 291 g/mol. The van der Waals surface area contributed by atoms with Gasteiger partial charge in [-0.25, -0.2) is 4.79 Å². The zero-order chi connectivity index (χ0) is 15.6. The van der Waals surface area contributed by atoms with Crippen molar-refractivity contribution in [3.8, 4) is 5.75 Å². The van der Waals surface area contributed by atoms with E-state index in [-0.39, 0.29) is 5.56 Å². The first kappa shape index (κ1) is 15.8. The van der Waals surface area contributed by atoms with Crippen LogP contribution in [0.5, 0.6) is 5.75 Å². The van der Waals surface area contributed by atoms with Crippen molar-refractivity contribution < 1.29 is 32.6 Å². The number of likely N-dealkylation sites (N-methyl/N-ethyl adjacent to an activating group) is 1. The summed E-state index contributed by atoms with van der Waals surface area (Å²) < 4.78 is 39.7. The van der Waals surface area contributed by atoms with Gasteiger partial charge in [0, 0.05) is 7.05 Å². The van der Waals surface area contributed by atoms with E-state index in [9.17, 15) is 27.9 Å². The van der Waals surface area contributed by atoms with Gasteiger partial charge in [-0.15, -0.1) is 13.2 Å². The average Bonchev–Trinajstić information content (AvgIpc) is 2.35. The van der Waals surface area contributed by atoms with Gasteiger partial charge in [0.15, 0.2) is 5.54 Å². The number of hydrogen-bond donors (Lipinski definition) is 1. The van der Waals surface area contributed by atoms with Gasteiger partial charge in [0.1, 0.15) is 5.75 Å². The number of carbonyl (C=O) groups excluding carboxylic acids is 1. The Bertz CT molecular complexity index is 500. The number of nitrogens with zero attached hydrogens (tertiary/aromatic N) is 1. The third-order valence-electron chi connectivity index (χ3n) is 2.93. The molecule has 1 atom stereocenters. The summed E-state index contributed by atoms with van der Waals surface area (Å²) in [5.41, 5.74) is -1.53. The molecule has 1 aromatic rings. The number of carboxylic acids is 1. The number of halogens is 3. The second-order valence-corrected chi connectivity index (χ2v) is 4.17. The molecular formula is C12H12F3NO4. The normalized spacial score (nSPS) is 14.2. The number of carbonyl (C=O) groups is 2. The summed E-state index contributed by atoms with van der Waals surface area (Å²) in [5, 5.41) is 9.23. The lowest BCUT2D eigenvalue weighted by Crippen LogP contribution is -2.47. The van der Waals surface area contributed by atoms with Gasteiger partial charge >= 0.3 is 12.3 Å². The monoisotopic (exact) mass is 291 g/mol. The van der Waals surface area contributed by atoms with Gasteiger partial charge in [-0.1, -0.05) is 12.1 Å². The van der Waals surface area contributed by atoms with Gasteiger partial charge in [0.05, 0.1) is 0 Å². The van der Waals surface area contributed by atoms with Crippen molar-refractivity contribution in [3.05, 3.63) is 29.8 Å². The molecule has 5 nitrogen and oxygen atoms in total. The van der Waals surface area contributed by atoms with Gasteiger partial charge in [0.2, 0.25) is 6.41 Å². The molecular weight excluding hydrogens is 279 g/mol. The molecule has 0 aliphatic carbocycles. The predicted molar refractivity (Wildman–Crippen MR) is 61.9 cm³/mol. The molecule has 0 saturated heterocycles. The highest BCUT2D eigenvalue weighted by molar-refractivity contribution is 5.82. The van der Waals surface area contributed by atoms with Crippen LogP contribution < -0.4 is 4.74 Å². The standard InChI is InChI=1S/C12H12F3NO4/c1-11(10(18)19,16(2)7-17)8-3-5-9(6-4-8)20-12(13,14)15/h3-7H,1-2H3,(H,18,19). The van der Waals surface area contributed by atoms with Crippen molar-refractivity contribution in [2.24, 2.45) is 0 Å². The SMILES string of the molecule is CN(C=O)C(C)(C(=O)O)c1ccc(OC(F)(F)F)cc1. The van der Waals surface area contributed by atoms with Crippen molar-refractivity contribution in [3.63, 3.8) is 0 Å². The van der Waals surface area contributed by atoms with E-state index in [0.29, 0.717) is 6.41 Å². The molecule has 0 aromatic heterocycles. The molecule has 20 heavy (non-hydrogen) atoms. The molecule has 110 valence electrons. The molecule has 1 amide bonds. The fourth-order valence-electron chi connectivity index (χ4n) is 1.56. The zero-order valence-corrected chi connectivity index (χ0v) is 10.6. The molecule has 0 aliphatic heterocycles. The molecule has 0 aliphatic rings. The lowest BCUT2D eigenvalue weighted by molar-refractivity contribution is -0.274. The van der Waals surface area contributed by atoms with Crippen molar-refractivity contribution in [2.75, 3.05) is 7.05 Å². The van der Waals surface area contributed by atoms with Gasteiger partial charge in [-0.3, -0.25) is 4.79 Å². The molecule has 1 aromatic carbocycles. The summed E-state index contributed by atoms with van der Waals surface area (Å²) in [6.07, 6.45) is -4.49. The summed E-state index contributed by atoms with van der Waals surface area (Å²) in [6, 6.07) is 4.30. The molecule has 8 heteroatoms. The minimum Gasteiger partial charge on any atom is -0.479 e. The Labute approximate surface area is 112 Å². The lowest BCUT2D eigenvalue weighted by atomic mass is 9.91. The van der Waals surface area contributed by atoms with Gasteiger partial charge < -0.3 is 14.7 Å². The summed E-state index contributed by atoms with van der Waals surface area (Å²) in [6.45, 7) is 1.27. The summed E-state index contributed by atoms with van der Waals surface area (Å²) >= 11 is 0. The van der Waals surface area contributed by atoms with Crippen LogP contribution in [0.3, 0.4) is 0 Å². The van der Waals surface area contributed by atoms with Gasteiger partial charge in [0.25, 0.3) is 0 Å². The van der Waals surface area contributed by atoms with E-state index in [1.54, 1.807) is 0 Å². The van der Waals surface area contributed by atoms with Gasteiger partial charge in [-0.05, 0) is 24.6 Å². The summed E-state index contributed by atoms with van der Waals surface area (Å²) in [4.78, 5) is 23.0. The molecule has 1 unspecified atom stereocenters. The number of ether oxygens (including phenoxy) is 1. The Hall–Kier alpha value is -2.25. The fourth-order valence-corrected chi connectivity index (χ4v) is 1.56. The van der Waals surface area contributed by atoms with Crippen LogP contribution in [0.4, 0.5) is 13.2 Å². The van der Waals surface area contributed by atoms with Gasteiger partial charge in [-0.2, -0.15) is 0 Å². The van der Waals surface area contributed by atoms with Crippen LogP contribution in [0.2, 0.25) is 0 Å². The first-order valence-electron chi connectivity index (χ1n) is 5.39. The van der Waals surface area contributed by atoms with Crippen LogP contribution in [0.15, 0.2) is 24.3 Å². The van der Waals surface area contributed by atoms with E-state index < -0.39 is 23.6 Å². The van der Waals surface area contributed by atoms with E-state index in [0.717, 1.165) is 29.2 Å². The number of hydrogen-bond acceptors (Lipinski definition) is 3. The van der Waals surface area contributed by atoms with Crippen molar-refractivity contribution in [1.29, 1.82) is 0 Å². The number of aliphatic carboxylic acids is 1. The third kappa shape index (κ3) is 3.19. The van der Waals surface area contributed by atoms with Crippen molar-refractivity contribution in [2.45, 2.75) is 18.8 Å². The Kier molecular flexibility index (Phi) is 4.26. The van der Waals surface area contributed by atoms with Crippen LogP contribution >= 0.6 is 0 Å². The Morgan fingerprint density at radius 2 is 1.80 bits per heavy atom. The molecule has 0 spiro atoms. The molecule has 0 radical (unpaired) electrons. The Morgan fingerprint density at radius 3 is 2.15 bits per heavy atom. The smallest absolute Gasteiger partial charge is 0.479 e. The third-order valence-corrected chi connectivity index (χ3v) is 2.93. The Morgan fingerprint density at radius 1 is 1.30 bits per heavy atom. The molecule has 1 N–H and O–H groups in total. The highest BCUT2D eigenvalue weighted by Crippen LogP contribution is 2.30. The van der Waals surface area contributed by atoms with Crippen LogP contribution in [0.1, 0.15) is 12.5 Å². The maximum atomic E-state index is 12.0. The molecule has 0 fully saturated rings. The van der Waals surface area contributed by atoms with Crippen molar-refractivity contribution in [1.82, 2.24) is 4.90 Å². The first-order valence-corrected chi connectivity index (χ1v) is 5.39. The maximum Gasteiger partial charge on any atom is 0.573 e. The number of carboxylic acid groups (broad SMARTS) is 1. The lowest BCUT2D eigenvalue weighted by Gasteiger charge is -2.32. The highest BCUT2D eigenvalue weighted by atomic mass is 19.4. The van der Waals surface area contributed by atoms with E-state index >= 15 is 0 Å². The van der Waals surface area contributed by atoms with Crippen LogP contribution in [-0.4, -0.2) is 35.8 Å². The second-order valence-electron chi connectivity index (χ2n) is 4.17. The maximum absolute atomic E-state index is 12.0. The molecule has 1 rings (SSSR count). The Balaban J connectivity index is 3.13. The van der Waals surface area contributed by atoms with Crippen LogP contribution in [0, 0.1) is 0 Å². The largest absolute Gasteiger partial charge is 0.573 e. The van der Waals surface area contributed by atoms with E-state index in [2.05, 4.69) is 4.74 Å². The summed E-state index contributed by atoms with van der Waals surface area (Å²) in [7, 11) is 1.27. The van der Waals surface area contributed by atoms with E-state index in [1.165, 1.54) is 14.0 Å². The quantitative estimate of drug-likeness (QED) is 0.842. The number of alkyl halides is 3. The topological polar surface area (TPSA) is 66.8 Å². The predicted octanol–water partition coefficient (Wildman–Crippen LogP) is 1.97. The second kappa shape index (κ2) is 5.40. The minimum atomic E-state index is -4.82. The van der Waals surface area contributed by atoms with Crippen LogP contribution in [0.25, 0.3) is 0 Å². The molecule has 0 heterocycles. The minimum absolute atomic E-state index is 0.147. The number of amides is 1. The zero-order valence-electron chi connectivity index (χ0n) is 10.6. The van der Waals surface area contributed by atoms with Crippen molar-refractivity contribution >= 4 is 12.4 Å². The van der Waals surface area contributed by atoms with E-state index in [1.807, 2.05) is 0 Å². The molecule has 0 bridgehead atoms. The van der Waals surface area contributed by atoms with Crippen LogP contribution in [-0.2, 0) is 15.1 Å². The number of benzene rings is 1.